The molecule has 0 bridgehead atoms. The highest BCUT2D eigenvalue weighted by Crippen LogP contribution is 2.25. The Kier molecular flexibility index (Phi) is 3.85. The fourth-order valence-electron chi connectivity index (χ4n) is 2.12. The Morgan fingerprint density at radius 1 is 1.22 bits per heavy atom. The molecule has 0 unspecified atom stereocenters. The molecule has 1 saturated heterocycles. The largest absolute Gasteiger partial charge is 0.276 e. The quantitative estimate of drug-likeness (QED) is 0.797. The number of carbonyl (C=O) groups is 2. The molecule has 2 amide bonds. The third-order valence-corrected chi connectivity index (χ3v) is 4.07. The van der Waals surface area contributed by atoms with Gasteiger partial charge in [-0.15, -0.1) is 0 Å². The summed E-state index contributed by atoms with van der Waals surface area (Å²) in [6.45, 7) is 5.07. The van der Waals surface area contributed by atoms with Gasteiger partial charge in [0.2, 0.25) is 11.8 Å². The highest BCUT2D eigenvalue weighted by Gasteiger charge is 2.30. The maximum Gasteiger partial charge on any atom is 0.230 e. The fraction of sp³-hybridized carbons (Fsp3) is 0.583. The second kappa shape index (κ2) is 5.22. The lowest BCUT2D eigenvalue weighted by molar-refractivity contribution is -0.139. The Labute approximate surface area is 114 Å². The van der Waals surface area contributed by atoms with E-state index >= 15 is 0 Å². The number of hydrogen-bond acceptors (Lipinski definition) is 3. The highest BCUT2D eigenvalue weighted by molar-refractivity contribution is 9.10. The Bertz CT molecular complexity index is 480. The van der Waals surface area contributed by atoms with E-state index in [0.717, 1.165) is 28.8 Å². The molecule has 18 heavy (non-hydrogen) atoms. The molecular weight excluding hydrogens is 298 g/mol. The maximum atomic E-state index is 11.6. The number of hydrogen-bond donors (Lipinski definition) is 0. The van der Waals surface area contributed by atoms with Crippen LogP contribution in [0.4, 0.5) is 0 Å². The first-order chi connectivity index (χ1) is 8.58. The molecule has 2 heterocycles. The number of amides is 2. The van der Waals surface area contributed by atoms with Crippen molar-refractivity contribution in [3.8, 4) is 0 Å². The summed E-state index contributed by atoms with van der Waals surface area (Å²) < 4.78 is 2.77. The van der Waals surface area contributed by atoms with Crippen LogP contribution in [0.25, 0.3) is 0 Å². The summed E-state index contributed by atoms with van der Waals surface area (Å²) in [6, 6.07) is 0. The summed E-state index contributed by atoms with van der Waals surface area (Å²) >= 11 is 3.52. The summed E-state index contributed by atoms with van der Waals surface area (Å²) in [7, 11) is 0. The summed E-state index contributed by atoms with van der Waals surface area (Å²) in [6.07, 6.45) is 1.48. The number of aryl methyl sites for hydroxylation is 2. The van der Waals surface area contributed by atoms with Gasteiger partial charge in [-0.1, -0.05) is 6.92 Å². The first-order valence-corrected chi connectivity index (χ1v) is 6.95. The van der Waals surface area contributed by atoms with Crippen LogP contribution in [0.15, 0.2) is 4.47 Å². The highest BCUT2D eigenvalue weighted by atomic mass is 79.9. The molecule has 1 aliphatic rings. The van der Waals surface area contributed by atoms with Gasteiger partial charge in [-0.3, -0.25) is 19.2 Å². The molecule has 1 aromatic heterocycles. The van der Waals surface area contributed by atoms with Gasteiger partial charge in [0.25, 0.3) is 0 Å². The standard InChI is InChI=1S/C12H16BrN3O2/c1-3-8-12(13)9(16(4-2)14-8)7-15-10(17)5-6-11(15)18/h3-7H2,1-2H3. The second-order valence-corrected chi connectivity index (χ2v) is 5.04. The predicted molar refractivity (Wildman–Crippen MR) is 69.8 cm³/mol. The number of imide groups is 1. The van der Waals surface area contributed by atoms with Crippen molar-refractivity contribution in [1.82, 2.24) is 14.7 Å². The van der Waals surface area contributed by atoms with Gasteiger partial charge in [-0.05, 0) is 29.3 Å². The zero-order valence-corrected chi connectivity index (χ0v) is 12.2. The van der Waals surface area contributed by atoms with E-state index in [0.29, 0.717) is 19.4 Å². The molecular formula is C12H16BrN3O2. The van der Waals surface area contributed by atoms with Crippen molar-refractivity contribution < 1.29 is 9.59 Å². The van der Waals surface area contributed by atoms with Crippen LogP contribution >= 0.6 is 15.9 Å². The number of halogens is 1. The molecule has 5 nitrogen and oxygen atoms in total. The number of likely N-dealkylation sites (tertiary alicyclic amines) is 1. The SMILES string of the molecule is CCc1nn(CC)c(CN2C(=O)CCC2=O)c1Br. The first kappa shape index (κ1) is 13.3. The van der Waals surface area contributed by atoms with E-state index in [1.807, 2.05) is 18.5 Å². The number of carbonyl (C=O) groups excluding carboxylic acids is 2. The molecule has 98 valence electrons. The van der Waals surface area contributed by atoms with E-state index in [-0.39, 0.29) is 11.8 Å². The van der Waals surface area contributed by atoms with Gasteiger partial charge >= 0.3 is 0 Å². The van der Waals surface area contributed by atoms with E-state index < -0.39 is 0 Å². The molecule has 1 aromatic rings. The Balaban J connectivity index is 2.30. The minimum absolute atomic E-state index is 0.0891. The Morgan fingerprint density at radius 3 is 2.33 bits per heavy atom. The van der Waals surface area contributed by atoms with Crippen molar-refractivity contribution >= 4 is 27.7 Å². The van der Waals surface area contributed by atoms with Crippen LogP contribution < -0.4 is 0 Å². The first-order valence-electron chi connectivity index (χ1n) is 6.15. The minimum Gasteiger partial charge on any atom is -0.276 e. The molecule has 1 fully saturated rings. The van der Waals surface area contributed by atoms with Crippen LogP contribution in [0.5, 0.6) is 0 Å². The molecule has 0 spiro atoms. The number of aromatic nitrogens is 2. The van der Waals surface area contributed by atoms with E-state index in [2.05, 4.69) is 21.0 Å². The van der Waals surface area contributed by atoms with Crippen molar-refractivity contribution in [2.45, 2.75) is 46.2 Å². The summed E-state index contributed by atoms with van der Waals surface area (Å²) in [5, 5.41) is 4.46. The van der Waals surface area contributed by atoms with E-state index in [1.165, 1.54) is 4.90 Å². The fourth-order valence-corrected chi connectivity index (χ4v) is 2.81. The van der Waals surface area contributed by atoms with Crippen molar-refractivity contribution in [3.05, 3.63) is 15.9 Å². The third-order valence-electron chi connectivity index (χ3n) is 3.16. The summed E-state index contributed by atoms with van der Waals surface area (Å²) in [5.74, 6) is -0.178. The van der Waals surface area contributed by atoms with Crippen LogP contribution in [0.1, 0.15) is 38.1 Å². The van der Waals surface area contributed by atoms with Crippen molar-refractivity contribution in [3.63, 3.8) is 0 Å². The van der Waals surface area contributed by atoms with Crippen molar-refractivity contribution in [2.75, 3.05) is 0 Å². The Morgan fingerprint density at radius 2 is 1.83 bits per heavy atom. The van der Waals surface area contributed by atoms with Crippen LogP contribution in [0, 0.1) is 0 Å². The minimum atomic E-state index is -0.0891. The molecule has 1 aliphatic heterocycles. The predicted octanol–water partition coefficient (Wildman–Crippen LogP) is 1.88. The van der Waals surface area contributed by atoms with Crippen molar-refractivity contribution in [1.29, 1.82) is 0 Å². The molecule has 0 aromatic carbocycles. The van der Waals surface area contributed by atoms with Crippen LogP contribution in [0.3, 0.4) is 0 Å². The smallest absolute Gasteiger partial charge is 0.230 e. The van der Waals surface area contributed by atoms with E-state index in [1.54, 1.807) is 0 Å². The molecule has 2 rings (SSSR count). The molecule has 0 saturated carbocycles. The molecule has 6 heteroatoms. The van der Waals surface area contributed by atoms with Gasteiger partial charge in [-0.25, -0.2) is 0 Å². The van der Waals surface area contributed by atoms with Gasteiger partial charge in [0, 0.05) is 19.4 Å². The second-order valence-electron chi connectivity index (χ2n) is 4.25. The maximum absolute atomic E-state index is 11.6. The summed E-state index contributed by atoms with van der Waals surface area (Å²) in [5.41, 5.74) is 1.86. The van der Waals surface area contributed by atoms with Crippen LogP contribution in [-0.4, -0.2) is 26.5 Å². The van der Waals surface area contributed by atoms with Gasteiger partial charge in [-0.2, -0.15) is 5.10 Å². The summed E-state index contributed by atoms with van der Waals surface area (Å²) in [4.78, 5) is 24.6. The van der Waals surface area contributed by atoms with Crippen LogP contribution in [-0.2, 0) is 29.1 Å². The zero-order chi connectivity index (χ0) is 13.3. The molecule has 0 atom stereocenters. The molecule has 0 N–H and O–H groups in total. The van der Waals surface area contributed by atoms with Gasteiger partial charge in [0.15, 0.2) is 0 Å². The molecule has 0 aliphatic carbocycles. The van der Waals surface area contributed by atoms with E-state index in [9.17, 15) is 9.59 Å². The topological polar surface area (TPSA) is 55.2 Å². The molecule has 0 radical (unpaired) electrons. The lowest BCUT2D eigenvalue weighted by atomic mass is 10.3. The van der Waals surface area contributed by atoms with E-state index in [4.69, 9.17) is 0 Å². The average Bonchev–Trinajstić information content (AvgIpc) is 2.84. The third kappa shape index (κ3) is 2.21. The normalized spacial score (nSPS) is 15.8. The lowest BCUT2D eigenvalue weighted by Gasteiger charge is -2.14. The zero-order valence-electron chi connectivity index (χ0n) is 10.6. The van der Waals surface area contributed by atoms with Gasteiger partial charge in [0.1, 0.15) is 0 Å². The average molecular weight is 314 g/mol. The van der Waals surface area contributed by atoms with Gasteiger partial charge in [0.05, 0.1) is 22.4 Å². The number of nitrogens with zero attached hydrogens (tertiary/aromatic N) is 3. The van der Waals surface area contributed by atoms with Crippen molar-refractivity contribution in [2.24, 2.45) is 0 Å². The lowest BCUT2D eigenvalue weighted by Crippen LogP contribution is -2.29. The monoisotopic (exact) mass is 313 g/mol. The van der Waals surface area contributed by atoms with Crippen LogP contribution in [0.2, 0.25) is 0 Å². The number of rotatable bonds is 4. The van der Waals surface area contributed by atoms with Gasteiger partial charge < -0.3 is 0 Å². The Hall–Kier alpha value is -1.17.